The third kappa shape index (κ3) is 24.4. The minimum absolute atomic E-state index is 0.170. The molecule has 38 heavy (non-hydrogen) atoms. The van der Waals surface area contributed by atoms with Gasteiger partial charge in [0.05, 0.1) is 26.2 Å². The van der Waals surface area contributed by atoms with Crippen LogP contribution in [0.4, 0.5) is 0 Å². The number of aliphatic carboxylic acids is 3. The first kappa shape index (κ1) is 36.1. The molecule has 0 bridgehead atoms. The average Bonchev–Trinajstić information content (AvgIpc) is 2.87. The summed E-state index contributed by atoms with van der Waals surface area (Å²) in [7, 11) is 0. The molecule has 0 unspecified atom stereocenters. The van der Waals surface area contributed by atoms with Crippen LogP contribution in [0.5, 0.6) is 0 Å². The van der Waals surface area contributed by atoms with Gasteiger partial charge in [-0.15, -0.1) is 0 Å². The third-order valence-electron chi connectivity index (χ3n) is 7.46. The molecule has 7 heteroatoms. The molecule has 0 heterocycles. The average molecular weight is 541 g/mol. The molecular formula is C31H58NO6+. The Labute approximate surface area is 232 Å². The smallest absolute Gasteiger partial charge is 0.303 e. The highest BCUT2D eigenvalue weighted by atomic mass is 16.4. The van der Waals surface area contributed by atoms with Gasteiger partial charge >= 0.3 is 17.9 Å². The normalized spacial score (nSPS) is 11.8. The van der Waals surface area contributed by atoms with Gasteiger partial charge in [0.25, 0.3) is 0 Å². The summed E-state index contributed by atoms with van der Waals surface area (Å²) in [6, 6.07) is 0. The van der Waals surface area contributed by atoms with E-state index in [0.29, 0.717) is 19.3 Å². The zero-order valence-corrected chi connectivity index (χ0v) is 24.3. The van der Waals surface area contributed by atoms with Crippen molar-refractivity contribution in [2.45, 2.75) is 142 Å². The Balaban J connectivity index is 4.60. The Hall–Kier alpha value is -1.89. The summed E-state index contributed by atoms with van der Waals surface area (Å²) in [6.45, 7) is 5.89. The molecule has 0 radical (unpaired) electrons. The van der Waals surface area contributed by atoms with Gasteiger partial charge in [-0.1, -0.05) is 57.6 Å². The molecule has 0 amide bonds. The molecule has 0 aliphatic rings. The first-order chi connectivity index (χ1) is 18.3. The van der Waals surface area contributed by atoms with Gasteiger partial charge in [0, 0.05) is 19.3 Å². The van der Waals surface area contributed by atoms with Crippen molar-refractivity contribution in [2.24, 2.45) is 0 Å². The molecule has 0 saturated heterocycles. The Kier molecular flexibility index (Phi) is 24.1. The summed E-state index contributed by atoms with van der Waals surface area (Å²) in [6.07, 6.45) is 24.6. The minimum Gasteiger partial charge on any atom is -0.481 e. The quantitative estimate of drug-likeness (QED) is 0.0506. The van der Waals surface area contributed by atoms with Crippen LogP contribution in [-0.4, -0.2) is 63.9 Å². The molecule has 0 atom stereocenters. The van der Waals surface area contributed by atoms with E-state index >= 15 is 0 Å². The Morgan fingerprint density at radius 2 is 0.789 bits per heavy atom. The van der Waals surface area contributed by atoms with Gasteiger partial charge in [-0.25, -0.2) is 0 Å². The van der Waals surface area contributed by atoms with Crippen LogP contribution < -0.4 is 0 Å². The number of carboxylic acids is 3. The van der Waals surface area contributed by atoms with E-state index in [9.17, 15) is 14.4 Å². The lowest BCUT2D eigenvalue weighted by Gasteiger charge is -2.39. The minimum atomic E-state index is -0.772. The number of carbonyl (C=O) groups is 3. The van der Waals surface area contributed by atoms with Crippen molar-refractivity contribution in [2.75, 3.05) is 26.2 Å². The predicted octanol–water partition coefficient (Wildman–Crippen LogP) is 7.83. The number of unbranched alkanes of at least 4 members (excludes halogenated alkanes) is 13. The van der Waals surface area contributed by atoms with E-state index in [-0.39, 0.29) is 19.3 Å². The van der Waals surface area contributed by atoms with Crippen LogP contribution in [0.3, 0.4) is 0 Å². The van der Waals surface area contributed by atoms with E-state index in [2.05, 4.69) is 19.1 Å². The fourth-order valence-electron chi connectivity index (χ4n) is 5.18. The Bertz CT molecular complexity index is 579. The van der Waals surface area contributed by atoms with Gasteiger partial charge in [-0.05, 0) is 77.0 Å². The van der Waals surface area contributed by atoms with Gasteiger partial charge in [0.15, 0.2) is 0 Å². The first-order valence-corrected chi connectivity index (χ1v) is 15.5. The Morgan fingerprint density at radius 3 is 1.16 bits per heavy atom. The zero-order chi connectivity index (χ0) is 28.3. The van der Waals surface area contributed by atoms with Crippen LogP contribution in [0.1, 0.15) is 142 Å². The van der Waals surface area contributed by atoms with Crippen molar-refractivity contribution in [3.05, 3.63) is 12.2 Å². The summed E-state index contributed by atoms with van der Waals surface area (Å²) in [5.74, 6) is -2.32. The van der Waals surface area contributed by atoms with Crippen molar-refractivity contribution in [1.29, 1.82) is 0 Å². The molecule has 7 nitrogen and oxygen atoms in total. The molecule has 0 aromatic heterocycles. The molecule has 0 aliphatic heterocycles. The zero-order valence-electron chi connectivity index (χ0n) is 24.3. The number of hydrogen-bond donors (Lipinski definition) is 3. The highest BCUT2D eigenvalue weighted by molar-refractivity contribution is 5.67. The van der Waals surface area contributed by atoms with E-state index in [1.165, 1.54) is 51.4 Å². The number of allylic oxidation sites excluding steroid dienone is 2. The van der Waals surface area contributed by atoms with Gasteiger partial charge in [0.2, 0.25) is 0 Å². The highest BCUT2D eigenvalue weighted by Gasteiger charge is 2.26. The number of quaternary nitrogens is 1. The molecule has 0 saturated carbocycles. The van der Waals surface area contributed by atoms with Crippen LogP contribution in [-0.2, 0) is 14.4 Å². The molecule has 0 aromatic rings. The van der Waals surface area contributed by atoms with Gasteiger partial charge in [-0.2, -0.15) is 0 Å². The van der Waals surface area contributed by atoms with E-state index < -0.39 is 17.9 Å². The molecule has 0 aliphatic carbocycles. The maximum absolute atomic E-state index is 11.0. The highest BCUT2D eigenvalue weighted by Crippen LogP contribution is 2.19. The maximum atomic E-state index is 11.0. The molecule has 222 valence electrons. The third-order valence-corrected chi connectivity index (χ3v) is 7.46. The van der Waals surface area contributed by atoms with Crippen LogP contribution in [0.2, 0.25) is 0 Å². The number of carboxylic acid groups (broad SMARTS) is 3. The largest absolute Gasteiger partial charge is 0.481 e. The van der Waals surface area contributed by atoms with E-state index in [4.69, 9.17) is 15.3 Å². The predicted molar refractivity (Wildman–Crippen MR) is 154 cm³/mol. The standard InChI is InChI=1S/C31H57NO6/c1-2-3-4-5-6-7-8-9-10-11-12-13-14-18-25-32(26-19-15-22-29(33)34,27-20-16-23-30(35)36)28-21-17-24-31(37)38/h10-11H,2-9,12-28H2,1H3,(H2-,33,34,35,36,37,38)/p+1/b11-10+. The summed E-state index contributed by atoms with van der Waals surface area (Å²) in [4.78, 5) is 32.9. The number of rotatable bonds is 29. The summed E-state index contributed by atoms with van der Waals surface area (Å²) < 4.78 is 0.854. The lowest BCUT2D eigenvalue weighted by molar-refractivity contribution is -0.929. The molecule has 0 fully saturated rings. The lowest BCUT2D eigenvalue weighted by Crippen LogP contribution is -2.51. The molecule has 0 spiro atoms. The van der Waals surface area contributed by atoms with Crippen molar-refractivity contribution >= 4 is 17.9 Å². The van der Waals surface area contributed by atoms with E-state index in [1.54, 1.807) is 0 Å². The fourth-order valence-corrected chi connectivity index (χ4v) is 5.18. The van der Waals surface area contributed by atoms with Crippen molar-refractivity contribution in [1.82, 2.24) is 0 Å². The maximum Gasteiger partial charge on any atom is 0.303 e. The SMILES string of the molecule is CCCCCCCCC/C=C/CCCCC[N+](CCCCC(=O)O)(CCCCC(=O)O)CCCCC(=O)O. The summed E-state index contributed by atoms with van der Waals surface area (Å²) >= 11 is 0. The number of nitrogens with zero attached hydrogens (tertiary/aromatic N) is 1. The summed E-state index contributed by atoms with van der Waals surface area (Å²) in [5.41, 5.74) is 0. The second-order valence-corrected chi connectivity index (χ2v) is 11.0. The Morgan fingerprint density at radius 1 is 0.474 bits per heavy atom. The molecule has 3 N–H and O–H groups in total. The molecule has 0 aromatic carbocycles. The first-order valence-electron chi connectivity index (χ1n) is 15.5. The van der Waals surface area contributed by atoms with E-state index in [1.807, 2.05) is 0 Å². The molecular weight excluding hydrogens is 482 g/mol. The molecule has 0 rings (SSSR count). The van der Waals surface area contributed by atoms with E-state index in [0.717, 1.165) is 75.6 Å². The van der Waals surface area contributed by atoms with Crippen molar-refractivity contribution in [3.63, 3.8) is 0 Å². The monoisotopic (exact) mass is 540 g/mol. The van der Waals surface area contributed by atoms with Crippen LogP contribution >= 0.6 is 0 Å². The topological polar surface area (TPSA) is 112 Å². The fraction of sp³-hybridized carbons (Fsp3) is 0.839. The second-order valence-electron chi connectivity index (χ2n) is 11.0. The van der Waals surface area contributed by atoms with Crippen LogP contribution in [0.25, 0.3) is 0 Å². The van der Waals surface area contributed by atoms with Crippen molar-refractivity contribution < 1.29 is 34.2 Å². The van der Waals surface area contributed by atoms with Crippen LogP contribution in [0.15, 0.2) is 12.2 Å². The summed E-state index contributed by atoms with van der Waals surface area (Å²) in [5, 5.41) is 27.0. The second kappa shape index (κ2) is 25.4. The van der Waals surface area contributed by atoms with Gasteiger partial charge < -0.3 is 19.8 Å². The van der Waals surface area contributed by atoms with Gasteiger partial charge in [0.1, 0.15) is 0 Å². The number of hydrogen-bond acceptors (Lipinski definition) is 3. The van der Waals surface area contributed by atoms with Crippen LogP contribution in [0, 0.1) is 0 Å². The van der Waals surface area contributed by atoms with Gasteiger partial charge in [-0.3, -0.25) is 14.4 Å². The lowest BCUT2D eigenvalue weighted by atomic mass is 10.1. The van der Waals surface area contributed by atoms with Crippen molar-refractivity contribution in [3.8, 4) is 0 Å².